The summed E-state index contributed by atoms with van der Waals surface area (Å²) in [6.07, 6.45) is 4.22. The van der Waals surface area contributed by atoms with E-state index in [9.17, 15) is 0 Å². The molecule has 1 aromatic heterocycles. The summed E-state index contributed by atoms with van der Waals surface area (Å²) in [6.45, 7) is 1.14. The van der Waals surface area contributed by atoms with Gasteiger partial charge >= 0.3 is 0 Å². The molecular weight excluding hydrogens is 262 g/mol. The molecule has 0 N–H and O–H groups in total. The Labute approximate surface area is 124 Å². The highest BCUT2D eigenvalue weighted by Crippen LogP contribution is 2.53. The molecule has 2 bridgehead atoms. The van der Waals surface area contributed by atoms with Crippen LogP contribution in [0.3, 0.4) is 0 Å². The number of allylic oxidation sites excluding steroid dienone is 1. The third-order valence-electron chi connectivity index (χ3n) is 4.94. The number of fused-ring (bicyclic) bond motifs is 3. The molecule has 20 heavy (non-hydrogen) atoms. The Balaban J connectivity index is 1.90. The van der Waals surface area contributed by atoms with Crippen LogP contribution in [0, 0.1) is 11.8 Å². The van der Waals surface area contributed by atoms with Gasteiger partial charge in [0.2, 0.25) is 0 Å². The largest absolute Gasteiger partial charge is 0.305 e. The highest BCUT2D eigenvalue weighted by Gasteiger charge is 2.39. The Morgan fingerprint density at radius 1 is 1.15 bits per heavy atom. The number of hydrogen-bond donors (Lipinski definition) is 0. The molecule has 2 atom stereocenters. The zero-order valence-electron chi connectivity index (χ0n) is 12.2. The van der Waals surface area contributed by atoms with E-state index >= 15 is 0 Å². The average molecular weight is 283 g/mol. The minimum Gasteiger partial charge on any atom is -0.305 e. The highest BCUT2D eigenvalue weighted by molar-refractivity contribution is 7.17. The molecular formula is C18H21NS. The van der Waals surface area contributed by atoms with Crippen LogP contribution < -0.4 is 0 Å². The minimum atomic E-state index is 0.822. The van der Waals surface area contributed by atoms with E-state index in [4.69, 9.17) is 0 Å². The molecule has 1 fully saturated rings. The van der Waals surface area contributed by atoms with Gasteiger partial charge in [-0.2, -0.15) is 0 Å². The first kappa shape index (κ1) is 12.6. The van der Waals surface area contributed by atoms with Crippen LogP contribution in [0.4, 0.5) is 0 Å². The van der Waals surface area contributed by atoms with Gasteiger partial charge in [-0.25, -0.2) is 0 Å². The summed E-state index contributed by atoms with van der Waals surface area (Å²) in [6, 6.07) is 9.08. The van der Waals surface area contributed by atoms with Crippen LogP contribution in [0.5, 0.6) is 0 Å². The summed E-state index contributed by atoms with van der Waals surface area (Å²) in [5.74, 6) is 1.68. The van der Waals surface area contributed by atoms with Crippen LogP contribution in [-0.2, 0) is 0 Å². The van der Waals surface area contributed by atoms with Crippen molar-refractivity contribution in [3.8, 4) is 0 Å². The number of nitrogens with zero attached hydrogens (tertiary/aromatic N) is 1. The zero-order chi connectivity index (χ0) is 13.7. The van der Waals surface area contributed by atoms with Crippen molar-refractivity contribution in [1.29, 1.82) is 0 Å². The third-order valence-corrected chi connectivity index (χ3v) is 5.90. The van der Waals surface area contributed by atoms with Crippen molar-refractivity contribution in [2.45, 2.75) is 19.3 Å². The van der Waals surface area contributed by atoms with Crippen molar-refractivity contribution < 1.29 is 0 Å². The van der Waals surface area contributed by atoms with E-state index in [1.807, 2.05) is 11.3 Å². The summed E-state index contributed by atoms with van der Waals surface area (Å²) < 4.78 is 1.49. The fourth-order valence-electron chi connectivity index (χ4n) is 4.20. The van der Waals surface area contributed by atoms with Crippen molar-refractivity contribution in [2.24, 2.45) is 11.8 Å². The van der Waals surface area contributed by atoms with Crippen molar-refractivity contribution >= 4 is 27.0 Å². The van der Waals surface area contributed by atoms with Gasteiger partial charge in [-0.3, -0.25) is 0 Å². The van der Waals surface area contributed by atoms with Crippen LogP contribution in [0.2, 0.25) is 0 Å². The van der Waals surface area contributed by atoms with Crippen LogP contribution in [0.25, 0.3) is 15.7 Å². The highest BCUT2D eigenvalue weighted by atomic mass is 32.1. The molecule has 1 heterocycles. The zero-order valence-corrected chi connectivity index (χ0v) is 13.0. The van der Waals surface area contributed by atoms with E-state index in [2.05, 4.69) is 48.6 Å². The molecule has 0 amide bonds. The van der Waals surface area contributed by atoms with Gasteiger partial charge in [0.25, 0.3) is 0 Å². The monoisotopic (exact) mass is 283 g/mol. The quantitative estimate of drug-likeness (QED) is 0.792. The van der Waals surface area contributed by atoms with E-state index in [0.717, 1.165) is 18.4 Å². The Morgan fingerprint density at radius 3 is 2.85 bits per heavy atom. The van der Waals surface area contributed by atoms with Gasteiger partial charge in [0.05, 0.1) is 0 Å². The molecule has 2 heteroatoms. The topological polar surface area (TPSA) is 3.24 Å². The standard InChI is InChI=1S/C18H21NS/c1-19(2)11-16-13-6-7-14(10-13)17(16)15-5-3-4-12-8-9-20-18(12)15/h3-5,8-9,13-14H,6-7,10-11H2,1-2H3. The summed E-state index contributed by atoms with van der Waals surface area (Å²) in [7, 11) is 4.39. The Kier molecular flexibility index (Phi) is 2.97. The number of likely N-dealkylation sites (N-methyl/N-ethyl adjacent to an activating group) is 1. The van der Waals surface area contributed by atoms with Gasteiger partial charge in [0.1, 0.15) is 0 Å². The van der Waals surface area contributed by atoms with Gasteiger partial charge in [-0.05, 0) is 78.7 Å². The smallest absolute Gasteiger partial charge is 0.0417 e. The SMILES string of the molecule is CN(C)CC1=C(c2cccc3ccsc23)C2CCC1C2. The predicted octanol–water partition coefficient (Wildman–Crippen LogP) is 4.65. The molecule has 0 radical (unpaired) electrons. The molecule has 2 aromatic rings. The van der Waals surface area contributed by atoms with Crippen LogP contribution in [-0.4, -0.2) is 25.5 Å². The lowest BCUT2D eigenvalue weighted by Gasteiger charge is -2.23. The minimum absolute atomic E-state index is 0.822. The van der Waals surface area contributed by atoms with Crippen molar-refractivity contribution in [1.82, 2.24) is 4.90 Å². The Bertz CT molecular complexity index is 680. The number of rotatable bonds is 3. The molecule has 1 saturated carbocycles. The lowest BCUT2D eigenvalue weighted by Crippen LogP contribution is -2.19. The number of thiophene rings is 1. The molecule has 104 valence electrons. The van der Waals surface area contributed by atoms with Crippen LogP contribution in [0.15, 0.2) is 35.2 Å². The Morgan fingerprint density at radius 2 is 2.00 bits per heavy atom. The number of hydrogen-bond acceptors (Lipinski definition) is 2. The predicted molar refractivity (Wildman–Crippen MR) is 88.1 cm³/mol. The van der Waals surface area contributed by atoms with E-state index in [1.54, 1.807) is 11.1 Å². The van der Waals surface area contributed by atoms with Gasteiger partial charge in [-0.1, -0.05) is 18.2 Å². The molecule has 0 saturated heterocycles. The molecule has 1 nitrogen and oxygen atoms in total. The maximum absolute atomic E-state index is 2.35. The normalized spacial score (nSPS) is 25.4. The van der Waals surface area contributed by atoms with Gasteiger partial charge in [0.15, 0.2) is 0 Å². The molecule has 2 unspecified atom stereocenters. The first-order valence-corrected chi connectivity index (χ1v) is 8.46. The summed E-state index contributed by atoms with van der Waals surface area (Å²) in [5, 5.41) is 3.64. The Hall–Kier alpha value is -1.12. The van der Waals surface area contributed by atoms with E-state index in [1.165, 1.54) is 34.9 Å². The van der Waals surface area contributed by atoms with Gasteiger partial charge < -0.3 is 4.90 Å². The second-order valence-corrected chi connectivity index (χ2v) is 7.44. The van der Waals surface area contributed by atoms with Gasteiger partial charge in [0, 0.05) is 11.2 Å². The molecule has 1 aromatic carbocycles. The first-order valence-electron chi connectivity index (χ1n) is 7.58. The fourth-order valence-corrected chi connectivity index (χ4v) is 5.12. The second-order valence-electron chi connectivity index (χ2n) is 6.53. The fraction of sp³-hybridized carbons (Fsp3) is 0.444. The maximum Gasteiger partial charge on any atom is 0.0417 e. The lowest BCUT2D eigenvalue weighted by atomic mass is 9.86. The summed E-state index contributed by atoms with van der Waals surface area (Å²) in [5.41, 5.74) is 4.96. The van der Waals surface area contributed by atoms with Crippen molar-refractivity contribution in [2.75, 3.05) is 20.6 Å². The molecule has 2 aliphatic rings. The van der Waals surface area contributed by atoms with E-state index < -0.39 is 0 Å². The second kappa shape index (κ2) is 4.71. The molecule has 4 rings (SSSR count). The van der Waals surface area contributed by atoms with Crippen LogP contribution >= 0.6 is 11.3 Å². The average Bonchev–Trinajstić information content (AvgIpc) is 3.12. The maximum atomic E-state index is 2.35. The first-order chi connectivity index (χ1) is 9.74. The molecule has 0 spiro atoms. The number of benzene rings is 1. The molecule has 0 aliphatic heterocycles. The lowest BCUT2D eigenvalue weighted by molar-refractivity contribution is 0.423. The summed E-state index contributed by atoms with van der Waals surface area (Å²) in [4.78, 5) is 2.34. The van der Waals surface area contributed by atoms with Crippen molar-refractivity contribution in [3.05, 3.63) is 40.8 Å². The third kappa shape index (κ3) is 1.86. The van der Waals surface area contributed by atoms with Gasteiger partial charge in [-0.15, -0.1) is 11.3 Å². The van der Waals surface area contributed by atoms with E-state index in [0.29, 0.717) is 0 Å². The van der Waals surface area contributed by atoms with E-state index in [-0.39, 0.29) is 0 Å². The van der Waals surface area contributed by atoms with Crippen LogP contribution in [0.1, 0.15) is 24.8 Å². The summed E-state index contributed by atoms with van der Waals surface area (Å²) >= 11 is 1.90. The molecule has 2 aliphatic carbocycles. The van der Waals surface area contributed by atoms with Crippen molar-refractivity contribution in [3.63, 3.8) is 0 Å².